The van der Waals surface area contributed by atoms with Gasteiger partial charge in [0, 0.05) is 13.0 Å². The number of hydrogen-bond acceptors (Lipinski definition) is 4. The van der Waals surface area contributed by atoms with Gasteiger partial charge in [-0.1, -0.05) is 23.4 Å². The van der Waals surface area contributed by atoms with E-state index >= 15 is 0 Å². The lowest BCUT2D eigenvalue weighted by Gasteiger charge is -2.16. The minimum Gasteiger partial charge on any atom is -0.387 e. The van der Waals surface area contributed by atoms with Gasteiger partial charge in [0.2, 0.25) is 0 Å². The minimum absolute atomic E-state index is 0.147. The molecule has 3 rings (SSSR count). The highest BCUT2D eigenvalue weighted by Gasteiger charge is 2.23. The lowest BCUT2D eigenvalue weighted by Crippen LogP contribution is -2.14. The van der Waals surface area contributed by atoms with Crippen molar-refractivity contribution in [1.29, 1.82) is 0 Å². The van der Waals surface area contributed by atoms with E-state index in [2.05, 4.69) is 10.3 Å². The van der Waals surface area contributed by atoms with Crippen molar-refractivity contribution >= 4 is 0 Å². The number of aliphatic hydroxyl groups excluding tert-OH is 1. The van der Waals surface area contributed by atoms with Crippen LogP contribution in [0, 0.1) is 0 Å². The highest BCUT2D eigenvalue weighted by molar-refractivity contribution is 5.31. The molecule has 0 amide bonds. The van der Waals surface area contributed by atoms with Crippen LogP contribution in [0.15, 0.2) is 36.5 Å². The molecule has 1 aromatic heterocycles. The molecule has 1 fully saturated rings. The molecule has 0 bridgehead atoms. The average Bonchev–Trinajstić information content (AvgIpc) is 3.10. The third kappa shape index (κ3) is 2.67. The molecule has 2 unspecified atom stereocenters. The van der Waals surface area contributed by atoms with Crippen molar-refractivity contribution in [2.75, 3.05) is 6.61 Å². The lowest BCUT2D eigenvalue weighted by atomic mass is 10.1. The Morgan fingerprint density at radius 1 is 1.37 bits per heavy atom. The summed E-state index contributed by atoms with van der Waals surface area (Å²) in [4.78, 5) is 0. The summed E-state index contributed by atoms with van der Waals surface area (Å²) in [6.45, 7) is 0.799. The number of hydrogen-bond donors (Lipinski definition) is 1. The number of aromatic nitrogens is 3. The summed E-state index contributed by atoms with van der Waals surface area (Å²) in [7, 11) is 0. The molecule has 1 saturated heterocycles. The number of aliphatic hydroxyl groups is 1. The zero-order valence-corrected chi connectivity index (χ0v) is 10.6. The van der Waals surface area contributed by atoms with Crippen LogP contribution in [0.25, 0.3) is 5.69 Å². The number of ether oxygens (including phenoxy) is 1. The third-order valence-corrected chi connectivity index (χ3v) is 3.43. The van der Waals surface area contributed by atoms with Gasteiger partial charge in [0.25, 0.3) is 0 Å². The number of benzene rings is 1. The van der Waals surface area contributed by atoms with Crippen LogP contribution < -0.4 is 0 Å². The monoisotopic (exact) mass is 259 g/mol. The van der Waals surface area contributed by atoms with Crippen LogP contribution in [0.2, 0.25) is 0 Å². The smallest absolute Gasteiger partial charge is 0.100 e. The predicted molar refractivity (Wildman–Crippen MR) is 69.9 cm³/mol. The van der Waals surface area contributed by atoms with Gasteiger partial charge in [0.15, 0.2) is 0 Å². The van der Waals surface area contributed by atoms with Crippen molar-refractivity contribution in [1.82, 2.24) is 15.0 Å². The Kier molecular flexibility index (Phi) is 3.57. The zero-order valence-electron chi connectivity index (χ0n) is 10.6. The van der Waals surface area contributed by atoms with Crippen molar-refractivity contribution in [3.8, 4) is 5.69 Å². The van der Waals surface area contributed by atoms with Gasteiger partial charge in [0.1, 0.15) is 6.10 Å². The van der Waals surface area contributed by atoms with Gasteiger partial charge < -0.3 is 9.84 Å². The van der Waals surface area contributed by atoms with Crippen LogP contribution in [0.5, 0.6) is 0 Å². The van der Waals surface area contributed by atoms with Crippen molar-refractivity contribution in [2.45, 2.75) is 31.5 Å². The highest BCUT2D eigenvalue weighted by atomic mass is 16.5. The van der Waals surface area contributed by atoms with Gasteiger partial charge in [-0.2, -0.15) is 0 Å². The van der Waals surface area contributed by atoms with E-state index in [0.29, 0.717) is 12.1 Å². The van der Waals surface area contributed by atoms with E-state index < -0.39 is 6.10 Å². The molecule has 0 saturated carbocycles. The molecule has 19 heavy (non-hydrogen) atoms. The maximum Gasteiger partial charge on any atom is 0.100 e. The summed E-state index contributed by atoms with van der Waals surface area (Å²) in [6.07, 6.45) is 3.86. The van der Waals surface area contributed by atoms with Gasteiger partial charge in [-0.25, -0.2) is 4.68 Å². The van der Waals surface area contributed by atoms with E-state index in [1.165, 1.54) is 0 Å². The maximum absolute atomic E-state index is 10.3. The van der Waals surface area contributed by atoms with E-state index in [1.807, 2.05) is 30.3 Å². The van der Waals surface area contributed by atoms with E-state index in [4.69, 9.17) is 4.74 Å². The Bertz CT molecular complexity index is 520. The first-order chi connectivity index (χ1) is 9.34. The molecule has 1 aliphatic rings. The van der Waals surface area contributed by atoms with E-state index in [0.717, 1.165) is 25.1 Å². The van der Waals surface area contributed by atoms with Gasteiger partial charge in [-0.05, 0) is 25.0 Å². The molecule has 0 radical (unpaired) electrons. The summed E-state index contributed by atoms with van der Waals surface area (Å²) in [5.41, 5.74) is 1.61. The Morgan fingerprint density at radius 3 is 2.95 bits per heavy atom. The highest BCUT2D eigenvalue weighted by Crippen LogP contribution is 2.25. The largest absolute Gasteiger partial charge is 0.387 e. The van der Waals surface area contributed by atoms with Crippen molar-refractivity contribution in [3.05, 3.63) is 42.2 Å². The van der Waals surface area contributed by atoms with Crippen molar-refractivity contribution in [2.24, 2.45) is 0 Å². The quantitative estimate of drug-likeness (QED) is 0.910. The fraction of sp³-hybridized carbons (Fsp3) is 0.429. The lowest BCUT2D eigenvalue weighted by molar-refractivity contribution is 0.0510. The Labute approximate surface area is 111 Å². The normalized spacial score (nSPS) is 20.6. The van der Waals surface area contributed by atoms with Crippen LogP contribution in [-0.4, -0.2) is 32.8 Å². The fourth-order valence-corrected chi connectivity index (χ4v) is 2.44. The molecule has 5 nitrogen and oxygen atoms in total. The topological polar surface area (TPSA) is 60.2 Å². The van der Waals surface area contributed by atoms with Crippen LogP contribution in [-0.2, 0) is 4.74 Å². The van der Waals surface area contributed by atoms with Gasteiger partial charge in [0.05, 0.1) is 23.7 Å². The summed E-state index contributed by atoms with van der Waals surface area (Å²) in [5.74, 6) is 0. The van der Waals surface area contributed by atoms with E-state index in [1.54, 1.807) is 10.9 Å². The van der Waals surface area contributed by atoms with Crippen LogP contribution >= 0.6 is 0 Å². The van der Waals surface area contributed by atoms with Gasteiger partial charge in [-0.3, -0.25) is 0 Å². The SMILES string of the molecule is OC(CC1CCCO1)c1cnnn1-c1ccccc1. The molecule has 2 heterocycles. The second-order valence-electron chi connectivity index (χ2n) is 4.79. The first-order valence-electron chi connectivity index (χ1n) is 6.60. The standard InChI is InChI=1S/C14H17N3O2/c18-14(9-12-7-4-8-19-12)13-10-15-16-17(13)11-5-2-1-3-6-11/h1-3,5-6,10,12,14,18H,4,7-9H2. The average molecular weight is 259 g/mol. The van der Waals surface area contributed by atoms with Crippen LogP contribution in [0.1, 0.15) is 31.1 Å². The zero-order chi connectivity index (χ0) is 13.1. The molecule has 2 atom stereocenters. The summed E-state index contributed by atoms with van der Waals surface area (Å²) in [5, 5.41) is 18.3. The molecule has 1 aliphatic heterocycles. The number of rotatable bonds is 4. The molecule has 100 valence electrons. The first kappa shape index (κ1) is 12.3. The van der Waals surface area contributed by atoms with Gasteiger partial charge >= 0.3 is 0 Å². The summed E-state index contributed by atoms with van der Waals surface area (Å²) >= 11 is 0. The summed E-state index contributed by atoms with van der Waals surface area (Å²) < 4.78 is 7.24. The van der Waals surface area contributed by atoms with Crippen molar-refractivity contribution in [3.63, 3.8) is 0 Å². The van der Waals surface area contributed by atoms with E-state index in [9.17, 15) is 5.11 Å². The number of para-hydroxylation sites is 1. The van der Waals surface area contributed by atoms with E-state index in [-0.39, 0.29) is 6.10 Å². The first-order valence-corrected chi connectivity index (χ1v) is 6.60. The molecule has 2 aromatic rings. The Balaban J connectivity index is 1.79. The number of nitrogens with zero attached hydrogens (tertiary/aromatic N) is 3. The van der Waals surface area contributed by atoms with Crippen molar-refractivity contribution < 1.29 is 9.84 Å². The Hall–Kier alpha value is -1.72. The fourth-order valence-electron chi connectivity index (χ4n) is 2.44. The maximum atomic E-state index is 10.3. The summed E-state index contributed by atoms with van der Waals surface area (Å²) in [6, 6.07) is 9.71. The molecular formula is C14H17N3O2. The molecular weight excluding hydrogens is 242 g/mol. The Morgan fingerprint density at radius 2 is 2.21 bits per heavy atom. The van der Waals surface area contributed by atoms with Crippen LogP contribution in [0.3, 0.4) is 0 Å². The predicted octanol–water partition coefficient (Wildman–Crippen LogP) is 1.87. The molecule has 1 N–H and O–H groups in total. The molecule has 0 aliphatic carbocycles. The molecule has 5 heteroatoms. The molecule has 0 spiro atoms. The van der Waals surface area contributed by atoms with Crippen LogP contribution in [0.4, 0.5) is 0 Å². The second-order valence-corrected chi connectivity index (χ2v) is 4.79. The molecule has 1 aromatic carbocycles. The third-order valence-electron chi connectivity index (χ3n) is 3.43. The minimum atomic E-state index is -0.599. The van der Waals surface area contributed by atoms with Gasteiger partial charge in [-0.15, -0.1) is 5.10 Å². The second kappa shape index (κ2) is 5.50.